The molecule has 0 saturated heterocycles. The Labute approximate surface area is 160 Å². The van der Waals surface area contributed by atoms with Crippen LogP contribution in [0.5, 0.6) is 0 Å². The predicted octanol–water partition coefficient (Wildman–Crippen LogP) is 4.85. The third-order valence-corrected chi connectivity index (χ3v) is 4.91. The van der Waals surface area contributed by atoms with Gasteiger partial charge in [-0.1, -0.05) is 23.2 Å². The summed E-state index contributed by atoms with van der Waals surface area (Å²) in [6.45, 7) is 1.51. The van der Waals surface area contributed by atoms with Crippen molar-refractivity contribution in [1.29, 1.82) is 0 Å². The molecule has 0 aliphatic rings. The standard InChI is InChI=1S/C20H18Cl2N2O2/c21-13-3-5-19-17(8-13)18-9-14(22)4-6-20(18)24(19)12-15(25)10-23-11-16-2-1-7-26-16/h1-9,15,23,25H,10-12H2/t15-/m0/s1. The summed E-state index contributed by atoms with van der Waals surface area (Å²) in [6, 6.07) is 15.3. The van der Waals surface area contributed by atoms with Crippen molar-refractivity contribution in [2.45, 2.75) is 19.2 Å². The lowest BCUT2D eigenvalue weighted by molar-refractivity contribution is 0.153. The van der Waals surface area contributed by atoms with Gasteiger partial charge in [-0.2, -0.15) is 0 Å². The molecule has 2 heterocycles. The minimum Gasteiger partial charge on any atom is -0.468 e. The third-order valence-electron chi connectivity index (χ3n) is 4.44. The first-order valence-corrected chi connectivity index (χ1v) is 9.15. The highest BCUT2D eigenvalue weighted by atomic mass is 35.5. The summed E-state index contributed by atoms with van der Waals surface area (Å²) < 4.78 is 7.39. The highest BCUT2D eigenvalue weighted by Crippen LogP contribution is 2.32. The number of furan rings is 1. The average molecular weight is 389 g/mol. The molecule has 0 bridgehead atoms. The molecule has 0 spiro atoms. The number of benzene rings is 2. The molecule has 0 radical (unpaired) electrons. The molecule has 4 rings (SSSR count). The van der Waals surface area contributed by atoms with E-state index in [0.29, 0.717) is 29.7 Å². The van der Waals surface area contributed by atoms with Crippen molar-refractivity contribution in [3.63, 3.8) is 0 Å². The molecule has 2 aromatic heterocycles. The number of nitrogens with zero attached hydrogens (tertiary/aromatic N) is 1. The molecule has 134 valence electrons. The Morgan fingerprint density at radius 3 is 2.23 bits per heavy atom. The van der Waals surface area contributed by atoms with Crippen molar-refractivity contribution in [3.05, 3.63) is 70.6 Å². The third kappa shape index (κ3) is 3.46. The minimum atomic E-state index is -0.546. The fraction of sp³-hybridized carbons (Fsp3) is 0.200. The molecule has 0 saturated carbocycles. The number of rotatable bonds is 6. The van der Waals surface area contributed by atoms with E-state index in [1.807, 2.05) is 48.5 Å². The summed E-state index contributed by atoms with van der Waals surface area (Å²) in [6.07, 6.45) is 1.09. The maximum absolute atomic E-state index is 10.5. The molecule has 2 aromatic carbocycles. The highest BCUT2D eigenvalue weighted by molar-refractivity contribution is 6.33. The van der Waals surface area contributed by atoms with E-state index in [1.165, 1.54) is 0 Å². The van der Waals surface area contributed by atoms with Gasteiger partial charge in [0, 0.05) is 38.4 Å². The van der Waals surface area contributed by atoms with Crippen LogP contribution in [0.4, 0.5) is 0 Å². The number of fused-ring (bicyclic) bond motifs is 3. The molecule has 4 nitrogen and oxygen atoms in total. The fourth-order valence-electron chi connectivity index (χ4n) is 3.30. The van der Waals surface area contributed by atoms with Gasteiger partial charge in [0.2, 0.25) is 0 Å². The molecule has 0 aliphatic heterocycles. The molecule has 0 amide bonds. The van der Waals surface area contributed by atoms with E-state index in [-0.39, 0.29) is 0 Å². The Kier molecular flexibility index (Phi) is 4.92. The molecule has 0 unspecified atom stereocenters. The second kappa shape index (κ2) is 7.33. The van der Waals surface area contributed by atoms with Gasteiger partial charge in [0.25, 0.3) is 0 Å². The Morgan fingerprint density at radius 2 is 1.65 bits per heavy atom. The van der Waals surface area contributed by atoms with Gasteiger partial charge >= 0.3 is 0 Å². The number of halogens is 2. The molecule has 6 heteroatoms. The van der Waals surface area contributed by atoms with Crippen molar-refractivity contribution in [2.24, 2.45) is 0 Å². The molecule has 0 aliphatic carbocycles. The Bertz CT molecular complexity index is 982. The van der Waals surface area contributed by atoms with Crippen molar-refractivity contribution < 1.29 is 9.52 Å². The van der Waals surface area contributed by atoms with Crippen LogP contribution in [0.3, 0.4) is 0 Å². The van der Waals surface area contributed by atoms with Crippen LogP contribution in [0.15, 0.2) is 59.2 Å². The number of aliphatic hydroxyl groups excluding tert-OH is 1. The number of nitrogens with one attached hydrogen (secondary N) is 1. The smallest absolute Gasteiger partial charge is 0.117 e. The molecule has 26 heavy (non-hydrogen) atoms. The fourth-order valence-corrected chi connectivity index (χ4v) is 3.64. The summed E-state index contributed by atoms with van der Waals surface area (Å²) in [5.41, 5.74) is 2.05. The van der Waals surface area contributed by atoms with Crippen LogP contribution in [0.2, 0.25) is 10.0 Å². The van der Waals surface area contributed by atoms with E-state index in [1.54, 1.807) is 6.26 Å². The number of hydrogen-bond donors (Lipinski definition) is 2. The average Bonchev–Trinajstić information content (AvgIpc) is 3.22. The number of hydrogen-bond acceptors (Lipinski definition) is 3. The first kappa shape index (κ1) is 17.4. The summed E-state index contributed by atoms with van der Waals surface area (Å²) in [5, 5.41) is 17.1. The van der Waals surface area contributed by atoms with Gasteiger partial charge in [0.1, 0.15) is 5.76 Å². The summed E-state index contributed by atoms with van der Waals surface area (Å²) >= 11 is 12.4. The van der Waals surface area contributed by atoms with E-state index in [9.17, 15) is 5.11 Å². The zero-order valence-electron chi connectivity index (χ0n) is 14.0. The van der Waals surface area contributed by atoms with E-state index >= 15 is 0 Å². The van der Waals surface area contributed by atoms with Gasteiger partial charge in [0.05, 0.1) is 25.5 Å². The van der Waals surface area contributed by atoms with Crippen molar-refractivity contribution in [3.8, 4) is 0 Å². The summed E-state index contributed by atoms with van der Waals surface area (Å²) in [4.78, 5) is 0. The summed E-state index contributed by atoms with van der Waals surface area (Å²) in [7, 11) is 0. The van der Waals surface area contributed by atoms with Crippen LogP contribution < -0.4 is 5.32 Å². The monoisotopic (exact) mass is 388 g/mol. The second-order valence-electron chi connectivity index (χ2n) is 6.30. The normalized spacial score (nSPS) is 12.9. The van der Waals surface area contributed by atoms with E-state index in [2.05, 4.69) is 9.88 Å². The van der Waals surface area contributed by atoms with Gasteiger partial charge in [-0.15, -0.1) is 0 Å². The lowest BCUT2D eigenvalue weighted by Crippen LogP contribution is -2.29. The van der Waals surface area contributed by atoms with E-state index in [4.69, 9.17) is 27.6 Å². The van der Waals surface area contributed by atoms with Gasteiger partial charge in [-0.25, -0.2) is 0 Å². The molecular formula is C20H18Cl2N2O2. The van der Waals surface area contributed by atoms with Crippen LogP contribution in [0, 0.1) is 0 Å². The van der Waals surface area contributed by atoms with Crippen molar-refractivity contribution >= 4 is 45.0 Å². The molecule has 2 N–H and O–H groups in total. The molecule has 1 atom stereocenters. The van der Waals surface area contributed by atoms with Gasteiger partial charge in [-0.05, 0) is 48.5 Å². The van der Waals surface area contributed by atoms with Crippen LogP contribution in [-0.4, -0.2) is 22.3 Å². The lowest BCUT2D eigenvalue weighted by atomic mass is 10.1. The van der Waals surface area contributed by atoms with Crippen molar-refractivity contribution in [2.75, 3.05) is 6.54 Å². The number of aliphatic hydroxyl groups is 1. The Balaban J connectivity index is 1.60. The molecule has 4 aromatic rings. The first-order valence-electron chi connectivity index (χ1n) is 8.40. The van der Waals surface area contributed by atoms with Crippen LogP contribution in [0.25, 0.3) is 21.8 Å². The van der Waals surface area contributed by atoms with Crippen LogP contribution >= 0.6 is 23.2 Å². The quantitative estimate of drug-likeness (QED) is 0.496. The second-order valence-corrected chi connectivity index (χ2v) is 7.17. The maximum Gasteiger partial charge on any atom is 0.117 e. The highest BCUT2D eigenvalue weighted by Gasteiger charge is 2.14. The first-order chi connectivity index (χ1) is 12.6. The van der Waals surface area contributed by atoms with Gasteiger partial charge in [0.15, 0.2) is 0 Å². The predicted molar refractivity (Wildman–Crippen MR) is 106 cm³/mol. The summed E-state index contributed by atoms with van der Waals surface area (Å²) in [5.74, 6) is 0.846. The number of aromatic nitrogens is 1. The zero-order valence-corrected chi connectivity index (χ0v) is 15.5. The zero-order chi connectivity index (χ0) is 18.1. The Hall–Kier alpha value is -1.98. The Morgan fingerprint density at radius 1 is 1.00 bits per heavy atom. The van der Waals surface area contributed by atoms with E-state index < -0.39 is 6.10 Å². The lowest BCUT2D eigenvalue weighted by Gasteiger charge is -2.14. The van der Waals surface area contributed by atoms with Gasteiger partial charge in [-0.3, -0.25) is 0 Å². The molecule has 0 fully saturated rings. The molecular weight excluding hydrogens is 371 g/mol. The van der Waals surface area contributed by atoms with Crippen molar-refractivity contribution in [1.82, 2.24) is 9.88 Å². The van der Waals surface area contributed by atoms with Gasteiger partial charge < -0.3 is 19.4 Å². The minimum absolute atomic E-state index is 0.461. The van der Waals surface area contributed by atoms with Crippen LogP contribution in [0.1, 0.15) is 5.76 Å². The topological polar surface area (TPSA) is 50.3 Å². The SMILES string of the molecule is O[C@@H](CNCc1ccco1)Cn1c2ccc(Cl)cc2c2cc(Cl)ccc21. The largest absolute Gasteiger partial charge is 0.468 e. The van der Waals surface area contributed by atoms with Crippen LogP contribution in [-0.2, 0) is 13.1 Å². The maximum atomic E-state index is 10.5. The van der Waals surface area contributed by atoms with E-state index in [0.717, 1.165) is 27.6 Å².